The number of methoxy groups -OCH3 is 1. The Labute approximate surface area is 162 Å². The minimum atomic E-state index is 0.687. The summed E-state index contributed by atoms with van der Waals surface area (Å²) >= 11 is 6.91. The highest BCUT2D eigenvalue weighted by atomic mass is 32.1. The quantitative estimate of drug-likeness (QED) is 0.460. The second-order valence-corrected chi connectivity index (χ2v) is 7.80. The van der Waals surface area contributed by atoms with Crippen LogP contribution in [0.3, 0.4) is 0 Å². The molecule has 3 aromatic rings. The molecule has 26 heavy (non-hydrogen) atoms. The Hall–Kier alpha value is -2.22. The van der Waals surface area contributed by atoms with Crippen molar-refractivity contribution in [1.82, 2.24) is 9.78 Å². The average molecular weight is 388 g/mol. The van der Waals surface area contributed by atoms with Crippen LogP contribution in [0.1, 0.15) is 5.56 Å². The lowest BCUT2D eigenvalue weighted by atomic mass is 10.1. The third-order valence-corrected chi connectivity index (χ3v) is 5.31. The van der Waals surface area contributed by atoms with Gasteiger partial charge in [0.2, 0.25) is 5.13 Å². The van der Waals surface area contributed by atoms with Crippen molar-refractivity contribution in [2.45, 2.75) is 13.2 Å². The molecule has 0 bridgehead atoms. The van der Waals surface area contributed by atoms with Gasteiger partial charge in [0, 0.05) is 12.1 Å². The van der Waals surface area contributed by atoms with Gasteiger partial charge < -0.3 is 15.0 Å². The van der Waals surface area contributed by atoms with Crippen LogP contribution in [0.4, 0.5) is 5.13 Å². The molecule has 0 amide bonds. The summed E-state index contributed by atoms with van der Waals surface area (Å²) in [5, 5.41) is 11.0. The standard InChI is InChI=1S/C19H22N4OS2/c1-4-9-20-18-21-23(19(25)26-18)13-22(2)12-14-5-6-16-11-17(24-3)8-7-15(16)10-14/h4-8,10-11H,1,9,12-13H2,2-3H3,(H,20,21)/p+1. The van der Waals surface area contributed by atoms with Gasteiger partial charge in [-0.05, 0) is 41.2 Å². The van der Waals surface area contributed by atoms with E-state index >= 15 is 0 Å². The Bertz CT molecular complexity index is 964. The molecule has 0 spiro atoms. The summed E-state index contributed by atoms with van der Waals surface area (Å²) in [6.45, 7) is 6.02. The minimum absolute atomic E-state index is 0.687. The van der Waals surface area contributed by atoms with Gasteiger partial charge in [-0.15, -0.1) is 11.7 Å². The third kappa shape index (κ3) is 4.49. The van der Waals surface area contributed by atoms with Gasteiger partial charge >= 0.3 is 0 Å². The fraction of sp³-hybridized carbons (Fsp3) is 0.263. The molecule has 0 saturated carbocycles. The number of ether oxygens (including phenoxy) is 1. The van der Waals surface area contributed by atoms with Crippen LogP contribution in [0.25, 0.3) is 10.8 Å². The number of fused-ring (bicyclic) bond motifs is 1. The summed E-state index contributed by atoms with van der Waals surface area (Å²) in [4.78, 5) is 1.31. The van der Waals surface area contributed by atoms with E-state index in [2.05, 4.69) is 54.4 Å². The molecule has 7 heteroatoms. The fourth-order valence-electron chi connectivity index (χ4n) is 2.81. The third-order valence-electron chi connectivity index (χ3n) is 4.04. The predicted octanol–water partition coefficient (Wildman–Crippen LogP) is 3.11. The number of nitrogens with one attached hydrogen (secondary N) is 2. The maximum atomic E-state index is 5.42. The number of nitrogens with zero attached hydrogens (tertiary/aromatic N) is 2. The van der Waals surface area contributed by atoms with Gasteiger partial charge in [-0.2, -0.15) is 4.68 Å². The van der Waals surface area contributed by atoms with Crippen LogP contribution in [0.15, 0.2) is 49.1 Å². The van der Waals surface area contributed by atoms with Crippen LogP contribution in [-0.2, 0) is 13.2 Å². The number of benzene rings is 2. The summed E-state index contributed by atoms with van der Waals surface area (Å²) in [5.41, 5.74) is 1.28. The summed E-state index contributed by atoms with van der Waals surface area (Å²) in [6.07, 6.45) is 1.81. The van der Waals surface area contributed by atoms with Gasteiger partial charge in [0.1, 0.15) is 12.3 Å². The first-order valence-electron chi connectivity index (χ1n) is 8.39. The molecule has 2 aromatic carbocycles. The van der Waals surface area contributed by atoms with Crippen molar-refractivity contribution < 1.29 is 9.64 Å². The summed E-state index contributed by atoms with van der Waals surface area (Å²) in [6, 6.07) is 12.7. The molecule has 5 nitrogen and oxygen atoms in total. The van der Waals surface area contributed by atoms with E-state index in [1.165, 1.54) is 32.6 Å². The molecule has 2 N–H and O–H groups in total. The molecular weight excluding hydrogens is 364 g/mol. The maximum absolute atomic E-state index is 5.42. The predicted molar refractivity (Wildman–Crippen MR) is 111 cm³/mol. The van der Waals surface area contributed by atoms with Gasteiger partial charge in [0.15, 0.2) is 10.6 Å². The van der Waals surface area contributed by atoms with E-state index < -0.39 is 0 Å². The molecule has 1 heterocycles. The molecular formula is C19H23N4OS2+. The van der Waals surface area contributed by atoms with E-state index in [0.717, 1.165) is 28.0 Å². The number of aromatic nitrogens is 2. The largest absolute Gasteiger partial charge is 0.497 e. The highest BCUT2D eigenvalue weighted by Crippen LogP contribution is 2.21. The summed E-state index contributed by atoms with van der Waals surface area (Å²) in [5.74, 6) is 0.881. The summed E-state index contributed by atoms with van der Waals surface area (Å²) < 4.78 is 7.95. The molecule has 3 rings (SSSR count). The zero-order valence-electron chi connectivity index (χ0n) is 15.0. The van der Waals surface area contributed by atoms with E-state index in [-0.39, 0.29) is 0 Å². The van der Waals surface area contributed by atoms with Crippen molar-refractivity contribution in [2.75, 3.05) is 26.0 Å². The lowest BCUT2D eigenvalue weighted by molar-refractivity contribution is -0.917. The number of hydrogen-bond acceptors (Lipinski definition) is 5. The molecule has 1 atom stereocenters. The van der Waals surface area contributed by atoms with Crippen molar-refractivity contribution in [1.29, 1.82) is 0 Å². The topological polar surface area (TPSA) is 43.5 Å². The average Bonchev–Trinajstić information content (AvgIpc) is 2.98. The molecule has 1 unspecified atom stereocenters. The highest BCUT2D eigenvalue weighted by molar-refractivity contribution is 7.73. The Kier molecular flexibility index (Phi) is 6.03. The monoisotopic (exact) mass is 387 g/mol. The molecule has 0 radical (unpaired) electrons. The van der Waals surface area contributed by atoms with Crippen LogP contribution in [-0.4, -0.2) is 30.5 Å². The molecule has 0 aliphatic heterocycles. The van der Waals surface area contributed by atoms with E-state index in [4.69, 9.17) is 17.0 Å². The van der Waals surface area contributed by atoms with Crippen molar-refractivity contribution >= 4 is 39.5 Å². The molecule has 1 aromatic heterocycles. The van der Waals surface area contributed by atoms with Gasteiger partial charge in [-0.1, -0.05) is 35.6 Å². The Balaban J connectivity index is 1.68. The lowest BCUT2D eigenvalue weighted by Crippen LogP contribution is -3.07. The minimum Gasteiger partial charge on any atom is -0.497 e. The smallest absolute Gasteiger partial charge is 0.205 e. The van der Waals surface area contributed by atoms with Gasteiger partial charge in [-0.3, -0.25) is 0 Å². The first-order chi connectivity index (χ1) is 12.6. The van der Waals surface area contributed by atoms with Crippen molar-refractivity contribution in [3.63, 3.8) is 0 Å². The molecule has 136 valence electrons. The second-order valence-electron chi connectivity index (χ2n) is 6.18. The van der Waals surface area contributed by atoms with Gasteiger partial charge in [0.05, 0.1) is 14.2 Å². The van der Waals surface area contributed by atoms with Crippen LogP contribution in [0, 0.1) is 3.95 Å². The molecule has 0 aliphatic rings. The maximum Gasteiger partial charge on any atom is 0.205 e. The van der Waals surface area contributed by atoms with Crippen LogP contribution in [0.5, 0.6) is 5.75 Å². The van der Waals surface area contributed by atoms with E-state index in [1.807, 2.05) is 16.8 Å². The number of quaternary nitrogens is 1. The Morgan fingerprint density at radius 3 is 2.85 bits per heavy atom. The SMILES string of the molecule is C=CCNc1nn(C[NH+](C)Cc2ccc3cc(OC)ccc3c2)c(=S)s1. The molecule has 0 saturated heterocycles. The van der Waals surface area contributed by atoms with Gasteiger partial charge in [0.25, 0.3) is 0 Å². The number of anilines is 1. The summed E-state index contributed by atoms with van der Waals surface area (Å²) in [7, 11) is 3.84. The molecule has 0 fully saturated rings. The first kappa shape index (κ1) is 18.6. The zero-order valence-corrected chi connectivity index (χ0v) is 16.6. The fourth-order valence-corrected chi connectivity index (χ4v) is 3.82. The van der Waals surface area contributed by atoms with Crippen LogP contribution >= 0.6 is 23.6 Å². The van der Waals surface area contributed by atoms with Gasteiger partial charge in [-0.25, -0.2) is 0 Å². The Morgan fingerprint density at radius 2 is 2.08 bits per heavy atom. The van der Waals surface area contributed by atoms with Crippen molar-refractivity contribution in [3.8, 4) is 5.75 Å². The van der Waals surface area contributed by atoms with Crippen molar-refractivity contribution in [3.05, 3.63) is 58.6 Å². The normalized spacial score (nSPS) is 12.1. The van der Waals surface area contributed by atoms with Crippen molar-refractivity contribution in [2.24, 2.45) is 0 Å². The van der Waals surface area contributed by atoms with Crippen LogP contribution in [0.2, 0.25) is 0 Å². The number of hydrogen-bond donors (Lipinski definition) is 2. The first-order valence-corrected chi connectivity index (χ1v) is 9.62. The van der Waals surface area contributed by atoms with E-state index in [1.54, 1.807) is 7.11 Å². The Morgan fingerprint density at radius 1 is 1.31 bits per heavy atom. The van der Waals surface area contributed by atoms with E-state index in [9.17, 15) is 0 Å². The van der Waals surface area contributed by atoms with Crippen LogP contribution < -0.4 is 15.0 Å². The number of rotatable bonds is 8. The van der Waals surface area contributed by atoms with E-state index in [0.29, 0.717) is 6.54 Å². The second kappa shape index (κ2) is 8.44. The molecule has 0 aliphatic carbocycles. The highest BCUT2D eigenvalue weighted by Gasteiger charge is 2.10. The lowest BCUT2D eigenvalue weighted by Gasteiger charge is -2.14. The zero-order chi connectivity index (χ0) is 18.5.